The first kappa shape index (κ1) is 23.9. The molecule has 0 aliphatic carbocycles. The Morgan fingerprint density at radius 1 is 0.349 bits per heavy atom. The standard InChI is InChI=1S/C40H25NO2/c1-2-10-27(11-3-1)41(34-16-9-19-37-40(34)33-13-5-7-18-36(33)42-37)28-22-20-26(21-23-28)29-14-8-15-31-30(29)24-25-38-39(31)32-12-4-6-17-35(32)43-38/h1-25H. The Hall–Kier alpha value is -5.80. The van der Waals surface area contributed by atoms with Crippen LogP contribution in [0, 0.1) is 0 Å². The topological polar surface area (TPSA) is 29.5 Å². The van der Waals surface area contributed by atoms with E-state index in [9.17, 15) is 0 Å². The molecule has 3 heteroatoms. The van der Waals surface area contributed by atoms with Crippen molar-refractivity contribution in [3.63, 3.8) is 0 Å². The third-order valence-corrected chi connectivity index (χ3v) is 8.47. The fourth-order valence-electron chi connectivity index (χ4n) is 6.57. The van der Waals surface area contributed by atoms with Crippen molar-refractivity contribution in [2.45, 2.75) is 0 Å². The number of hydrogen-bond donors (Lipinski definition) is 0. The lowest BCUT2D eigenvalue weighted by atomic mass is 9.95. The molecule has 43 heavy (non-hydrogen) atoms. The Kier molecular flexibility index (Phi) is 5.20. The highest BCUT2D eigenvalue weighted by Gasteiger charge is 2.19. The van der Waals surface area contributed by atoms with Crippen molar-refractivity contribution in [2.24, 2.45) is 0 Å². The molecule has 0 aliphatic rings. The highest BCUT2D eigenvalue weighted by Crippen LogP contribution is 2.44. The highest BCUT2D eigenvalue weighted by molar-refractivity contribution is 6.21. The van der Waals surface area contributed by atoms with E-state index in [1.54, 1.807) is 0 Å². The minimum absolute atomic E-state index is 0.880. The Balaban J connectivity index is 1.21. The van der Waals surface area contributed by atoms with Crippen LogP contribution in [-0.2, 0) is 0 Å². The van der Waals surface area contributed by atoms with Crippen molar-refractivity contribution in [3.05, 3.63) is 152 Å². The summed E-state index contributed by atoms with van der Waals surface area (Å²) in [6, 6.07) is 53.1. The molecule has 0 amide bonds. The first-order valence-corrected chi connectivity index (χ1v) is 14.5. The molecular formula is C40H25NO2. The molecule has 0 unspecified atom stereocenters. The summed E-state index contributed by atoms with van der Waals surface area (Å²) in [6.45, 7) is 0. The van der Waals surface area contributed by atoms with Gasteiger partial charge in [0.1, 0.15) is 22.3 Å². The zero-order valence-corrected chi connectivity index (χ0v) is 23.2. The zero-order valence-electron chi connectivity index (χ0n) is 23.2. The van der Waals surface area contributed by atoms with Crippen LogP contribution in [-0.4, -0.2) is 0 Å². The quantitative estimate of drug-likeness (QED) is 0.218. The van der Waals surface area contributed by atoms with Gasteiger partial charge in [-0.2, -0.15) is 0 Å². The molecule has 0 bridgehead atoms. The predicted molar refractivity (Wildman–Crippen MR) is 179 cm³/mol. The fourth-order valence-corrected chi connectivity index (χ4v) is 6.57. The van der Waals surface area contributed by atoms with Crippen molar-refractivity contribution < 1.29 is 8.83 Å². The molecule has 2 aromatic heterocycles. The van der Waals surface area contributed by atoms with E-state index in [1.165, 1.54) is 27.3 Å². The molecule has 0 saturated carbocycles. The van der Waals surface area contributed by atoms with E-state index in [2.05, 4.69) is 126 Å². The van der Waals surface area contributed by atoms with E-state index in [0.717, 1.165) is 55.6 Å². The van der Waals surface area contributed by atoms with Gasteiger partial charge in [0.15, 0.2) is 0 Å². The second-order valence-electron chi connectivity index (χ2n) is 10.9. The maximum absolute atomic E-state index is 6.25. The lowest BCUT2D eigenvalue weighted by Gasteiger charge is -2.26. The molecule has 0 spiro atoms. The number of anilines is 3. The van der Waals surface area contributed by atoms with Crippen LogP contribution < -0.4 is 4.90 Å². The third-order valence-electron chi connectivity index (χ3n) is 8.47. The van der Waals surface area contributed by atoms with Gasteiger partial charge in [-0.1, -0.05) is 97.1 Å². The summed E-state index contributed by atoms with van der Waals surface area (Å²) in [6.07, 6.45) is 0. The molecule has 7 aromatic carbocycles. The van der Waals surface area contributed by atoms with Crippen LogP contribution in [0.15, 0.2) is 160 Å². The Labute approximate surface area is 247 Å². The molecule has 9 rings (SSSR count). The van der Waals surface area contributed by atoms with Crippen LogP contribution in [0.1, 0.15) is 0 Å². The Bertz CT molecular complexity index is 2450. The smallest absolute Gasteiger partial charge is 0.137 e. The average molecular weight is 552 g/mol. The predicted octanol–water partition coefficient (Wildman–Crippen LogP) is 11.8. The molecule has 0 fully saturated rings. The van der Waals surface area contributed by atoms with Crippen LogP contribution in [0.25, 0.3) is 65.8 Å². The second-order valence-corrected chi connectivity index (χ2v) is 10.9. The monoisotopic (exact) mass is 551 g/mol. The van der Waals surface area contributed by atoms with E-state index in [1.807, 2.05) is 30.3 Å². The minimum Gasteiger partial charge on any atom is -0.456 e. The molecule has 0 atom stereocenters. The van der Waals surface area contributed by atoms with Gasteiger partial charge in [0.2, 0.25) is 0 Å². The summed E-state index contributed by atoms with van der Waals surface area (Å²) < 4.78 is 12.4. The van der Waals surface area contributed by atoms with Gasteiger partial charge >= 0.3 is 0 Å². The number of rotatable bonds is 4. The van der Waals surface area contributed by atoms with Gasteiger partial charge in [-0.15, -0.1) is 0 Å². The van der Waals surface area contributed by atoms with Crippen LogP contribution in [0.4, 0.5) is 17.1 Å². The highest BCUT2D eigenvalue weighted by atomic mass is 16.3. The molecule has 3 nitrogen and oxygen atoms in total. The first-order valence-electron chi connectivity index (χ1n) is 14.5. The summed E-state index contributed by atoms with van der Waals surface area (Å²) in [5, 5.41) is 6.95. The number of nitrogens with zero attached hydrogens (tertiary/aromatic N) is 1. The second kappa shape index (κ2) is 9.37. The van der Waals surface area contributed by atoms with Crippen molar-refractivity contribution in [3.8, 4) is 11.1 Å². The van der Waals surface area contributed by atoms with Gasteiger partial charge in [-0.3, -0.25) is 0 Å². The number of fused-ring (bicyclic) bond motifs is 8. The maximum atomic E-state index is 6.25. The van der Waals surface area contributed by atoms with Crippen molar-refractivity contribution >= 4 is 71.7 Å². The molecular weight excluding hydrogens is 526 g/mol. The van der Waals surface area contributed by atoms with Gasteiger partial charge in [0.05, 0.1) is 11.1 Å². The summed E-state index contributed by atoms with van der Waals surface area (Å²) in [5.74, 6) is 0. The van der Waals surface area contributed by atoms with E-state index >= 15 is 0 Å². The molecule has 9 aromatic rings. The Morgan fingerprint density at radius 3 is 1.70 bits per heavy atom. The lowest BCUT2D eigenvalue weighted by molar-refractivity contribution is 0.668. The summed E-state index contributed by atoms with van der Waals surface area (Å²) >= 11 is 0. The van der Waals surface area contributed by atoms with Gasteiger partial charge in [-0.25, -0.2) is 0 Å². The summed E-state index contributed by atoms with van der Waals surface area (Å²) in [4.78, 5) is 2.32. The molecule has 0 N–H and O–H groups in total. The molecule has 0 radical (unpaired) electrons. The van der Waals surface area contributed by atoms with Crippen molar-refractivity contribution in [1.29, 1.82) is 0 Å². The van der Waals surface area contributed by atoms with Crippen LogP contribution in [0.2, 0.25) is 0 Å². The summed E-state index contributed by atoms with van der Waals surface area (Å²) in [7, 11) is 0. The van der Waals surface area contributed by atoms with E-state index in [4.69, 9.17) is 8.83 Å². The molecule has 202 valence electrons. The van der Waals surface area contributed by atoms with Crippen molar-refractivity contribution in [2.75, 3.05) is 4.90 Å². The molecule has 2 heterocycles. The first-order chi connectivity index (χ1) is 21.3. The van der Waals surface area contributed by atoms with E-state index < -0.39 is 0 Å². The van der Waals surface area contributed by atoms with E-state index in [0.29, 0.717) is 0 Å². The molecule has 0 aliphatic heterocycles. The minimum atomic E-state index is 0.880. The average Bonchev–Trinajstić information content (AvgIpc) is 3.65. The number of furan rings is 2. The number of benzene rings is 7. The van der Waals surface area contributed by atoms with Gasteiger partial charge in [0.25, 0.3) is 0 Å². The summed E-state index contributed by atoms with van der Waals surface area (Å²) in [5.41, 5.74) is 9.23. The third kappa shape index (κ3) is 3.68. The zero-order chi connectivity index (χ0) is 28.3. The van der Waals surface area contributed by atoms with E-state index in [-0.39, 0.29) is 0 Å². The van der Waals surface area contributed by atoms with Crippen LogP contribution in [0.3, 0.4) is 0 Å². The van der Waals surface area contributed by atoms with Gasteiger partial charge < -0.3 is 13.7 Å². The van der Waals surface area contributed by atoms with Crippen LogP contribution in [0.5, 0.6) is 0 Å². The largest absolute Gasteiger partial charge is 0.456 e. The number of hydrogen-bond acceptors (Lipinski definition) is 3. The molecule has 0 saturated heterocycles. The Morgan fingerprint density at radius 2 is 0.930 bits per heavy atom. The lowest BCUT2D eigenvalue weighted by Crippen LogP contribution is -2.10. The van der Waals surface area contributed by atoms with Gasteiger partial charge in [-0.05, 0) is 76.5 Å². The fraction of sp³-hybridized carbons (Fsp3) is 0. The normalized spacial score (nSPS) is 11.7. The SMILES string of the molecule is c1ccc(N(c2ccc(-c3cccc4c3ccc3oc5ccccc5c34)cc2)c2cccc3oc4ccccc4c23)cc1. The van der Waals surface area contributed by atoms with Crippen LogP contribution >= 0.6 is 0 Å². The van der Waals surface area contributed by atoms with Crippen molar-refractivity contribution in [1.82, 2.24) is 0 Å². The van der Waals surface area contributed by atoms with Gasteiger partial charge in [0, 0.05) is 27.5 Å². The number of para-hydroxylation sites is 3. The maximum Gasteiger partial charge on any atom is 0.137 e.